The largest absolute Gasteiger partial charge is 0.464 e. The first-order chi connectivity index (χ1) is 6.33. The molecule has 3 nitrogen and oxygen atoms in total. The summed E-state index contributed by atoms with van der Waals surface area (Å²) in [7, 11) is 5.02. The van der Waals surface area contributed by atoms with Gasteiger partial charge in [-0.2, -0.15) is 0 Å². The molecular weight excluding hydrogens is 165 g/mol. The molecule has 1 N–H and O–H groups in total. The van der Waals surface area contributed by atoms with Gasteiger partial charge < -0.3 is 9.64 Å². The second-order valence-electron chi connectivity index (χ2n) is 2.62. The maximum atomic E-state index is 11.2. The van der Waals surface area contributed by atoms with Crippen molar-refractivity contribution in [2.75, 3.05) is 0 Å². The molecule has 1 amide bonds. The van der Waals surface area contributed by atoms with E-state index in [4.69, 9.17) is 12.4 Å². The highest BCUT2D eigenvalue weighted by Crippen LogP contribution is 2.19. The lowest BCUT2D eigenvalue weighted by atomic mass is 10.1. The van der Waals surface area contributed by atoms with Crippen molar-refractivity contribution in [3.8, 4) is 0 Å². The van der Waals surface area contributed by atoms with E-state index in [0.717, 1.165) is 5.39 Å². The van der Waals surface area contributed by atoms with Crippen molar-refractivity contribution < 1.29 is 9.21 Å². The molecule has 0 unspecified atom stereocenters. The highest BCUT2D eigenvalue weighted by Gasteiger charge is 2.09. The molecule has 0 atom stereocenters. The smallest absolute Gasteiger partial charge is 0.242 e. The summed E-state index contributed by atoms with van der Waals surface area (Å²) in [4.78, 5) is 11.2. The van der Waals surface area contributed by atoms with E-state index in [1.165, 1.54) is 6.26 Å². The third-order valence-corrected chi connectivity index (χ3v) is 1.85. The van der Waals surface area contributed by atoms with Crippen LogP contribution < -0.4 is 5.23 Å². The van der Waals surface area contributed by atoms with Gasteiger partial charge in [0.2, 0.25) is 13.9 Å². The second-order valence-corrected chi connectivity index (χ2v) is 2.62. The van der Waals surface area contributed by atoms with E-state index in [0.29, 0.717) is 11.1 Å². The SMILES string of the molecule is [B]NC(=O)c1cccc2ccoc12. The standard InChI is InChI=1S/C9H6BNO2/c10-11-9(12)7-3-1-2-6-4-5-13-8(6)7/h1-5H,(H,11,12). The Balaban J connectivity index is 2.67. The van der Waals surface area contributed by atoms with Crippen LogP contribution in [0.2, 0.25) is 0 Å². The molecule has 0 saturated heterocycles. The van der Waals surface area contributed by atoms with Gasteiger partial charge in [0, 0.05) is 5.39 Å². The summed E-state index contributed by atoms with van der Waals surface area (Å²) in [6, 6.07) is 7.10. The van der Waals surface area contributed by atoms with Crippen LogP contribution in [0.15, 0.2) is 34.9 Å². The second kappa shape index (κ2) is 2.97. The first kappa shape index (κ1) is 7.92. The Kier molecular flexibility index (Phi) is 1.81. The third-order valence-electron chi connectivity index (χ3n) is 1.85. The van der Waals surface area contributed by atoms with Gasteiger partial charge in [-0.05, 0) is 12.1 Å². The average Bonchev–Trinajstić information content (AvgIpc) is 2.63. The molecule has 0 aliphatic heterocycles. The summed E-state index contributed by atoms with van der Waals surface area (Å²) in [6.45, 7) is 0. The number of carbonyl (C=O) groups excluding carboxylic acids is 1. The van der Waals surface area contributed by atoms with Crippen LogP contribution in [0, 0.1) is 0 Å². The van der Waals surface area contributed by atoms with Crippen LogP contribution in [0.4, 0.5) is 0 Å². The van der Waals surface area contributed by atoms with Crippen molar-refractivity contribution in [3.05, 3.63) is 36.1 Å². The van der Waals surface area contributed by atoms with Crippen LogP contribution in [0.3, 0.4) is 0 Å². The van der Waals surface area contributed by atoms with Gasteiger partial charge in [-0.25, -0.2) is 0 Å². The van der Waals surface area contributed by atoms with Gasteiger partial charge in [0.1, 0.15) is 5.58 Å². The highest BCUT2D eigenvalue weighted by atomic mass is 16.3. The average molecular weight is 171 g/mol. The minimum Gasteiger partial charge on any atom is -0.464 e. The summed E-state index contributed by atoms with van der Waals surface area (Å²) < 4.78 is 5.16. The number of fused-ring (bicyclic) bond motifs is 1. The number of rotatable bonds is 1. The summed E-state index contributed by atoms with van der Waals surface area (Å²) in [5, 5.41) is 2.95. The van der Waals surface area contributed by atoms with Crippen LogP contribution in [0.5, 0.6) is 0 Å². The Morgan fingerprint density at radius 2 is 2.23 bits per heavy atom. The van der Waals surface area contributed by atoms with Gasteiger partial charge in [0.05, 0.1) is 11.8 Å². The Labute approximate surface area is 76.2 Å². The van der Waals surface area contributed by atoms with Crippen molar-refractivity contribution in [1.29, 1.82) is 0 Å². The molecule has 1 heterocycles. The molecular formula is C9H6BNO2. The van der Waals surface area contributed by atoms with Crippen LogP contribution in [0.1, 0.15) is 10.4 Å². The summed E-state index contributed by atoms with van der Waals surface area (Å²) in [6.07, 6.45) is 1.54. The Hall–Kier alpha value is -1.71. The molecule has 2 radical (unpaired) electrons. The van der Waals surface area contributed by atoms with Gasteiger partial charge in [0.15, 0.2) is 0 Å². The Bertz CT molecular complexity index is 450. The number of carbonyl (C=O) groups is 1. The molecule has 0 aliphatic carbocycles. The number of amides is 1. The molecule has 0 fully saturated rings. The van der Waals surface area contributed by atoms with Crippen molar-refractivity contribution in [2.45, 2.75) is 0 Å². The number of furan rings is 1. The fourth-order valence-corrected chi connectivity index (χ4v) is 1.25. The highest BCUT2D eigenvalue weighted by molar-refractivity contribution is 6.20. The van der Waals surface area contributed by atoms with Crippen molar-refractivity contribution >= 4 is 24.9 Å². The lowest BCUT2D eigenvalue weighted by Crippen LogP contribution is -2.19. The molecule has 1 aromatic heterocycles. The Morgan fingerprint density at radius 3 is 3.00 bits per heavy atom. The zero-order chi connectivity index (χ0) is 9.26. The third kappa shape index (κ3) is 1.20. The normalized spacial score (nSPS) is 10.2. The van der Waals surface area contributed by atoms with E-state index in [1.807, 2.05) is 6.07 Å². The first-order valence-corrected chi connectivity index (χ1v) is 3.80. The predicted molar refractivity (Wildman–Crippen MR) is 49.4 cm³/mol. The van der Waals surface area contributed by atoms with Crippen molar-refractivity contribution in [1.82, 2.24) is 5.23 Å². The van der Waals surface area contributed by atoms with E-state index in [-0.39, 0.29) is 5.91 Å². The van der Waals surface area contributed by atoms with Gasteiger partial charge in [-0.15, -0.1) is 0 Å². The zero-order valence-corrected chi connectivity index (χ0v) is 6.78. The molecule has 1 aromatic carbocycles. The predicted octanol–water partition coefficient (Wildman–Crippen LogP) is 1.25. The summed E-state index contributed by atoms with van der Waals surface area (Å²) in [5.74, 6) is -0.347. The fraction of sp³-hybridized carbons (Fsp3) is 0. The van der Waals surface area contributed by atoms with E-state index < -0.39 is 0 Å². The van der Waals surface area contributed by atoms with E-state index >= 15 is 0 Å². The topological polar surface area (TPSA) is 42.2 Å². The van der Waals surface area contributed by atoms with Gasteiger partial charge in [-0.1, -0.05) is 12.1 Å². The molecule has 2 rings (SSSR count). The van der Waals surface area contributed by atoms with Crippen LogP contribution in [-0.2, 0) is 0 Å². The lowest BCUT2D eigenvalue weighted by molar-refractivity contribution is 0.0982. The van der Waals surface area contributed by atoms with Crippen molar-refractivity contribution in [2.24, 2.45) is 0 Å². The van der Waals surface area contributed by atoms with E-state index in [9.17, 15) is 4.79 Å². The number of para-hydroxylation sites is 1. The molecule has 0 aliphatic rings. The first-order valence-electron chi connectivity index (χ1n) is 3.80. The molecule has 0 spiro atoms. The van der Waals surface area contributed by atoms with Crippen LogP contribution >= 0.6 is 0 Å². The lowest BCUT2D eigenvalue weighted by Gasteiger charge is -1.99. The fourth-order valence-electron chi connectivity index (χ4n) is 1.25. The number of benzene rings is 1. The maximum Gasteiger partial charge on any atom is 0.242 e. The van der Waals surface area contributed by atoms with Crippen molar-refractivity contribution in [3.63, 3.8) is 0 Å². The van der Waals surface area contributed by atoms with Gasteiger partial charge >= 0.3 is 0 Å². The van der Waals surface area contributed by atoms with Crippen LogP contribution in [-0.4, -0.2) is 13.9 Å². The molecule has 62 valence electrons. The molecule has 0 bridgehead atoms. The van der Waals surface area contributed by atoms with Gasteiger partial charge in [0.25, 0.3) is 0 Å². The van der Waals surface area contributed by atoms with Crippen LogP contribution in [0.25, 0.3) is 11.0 Å². The minimum atomic E-state index is -0.347. The van der Waals surface area contributed by atoms with Gasteiger partial charge in [-0.3, -0.25) is 4.79 Å². The van der Waals surface area contributed by atoms with E-state index in [1.54, 1.807) is 18.2 Å². The summed E-state index contributed by atoms with van der Waals surface area (Å²) >= 11 is 0. The quantitative estimate of drug-likeness (QED) is 0.655. The summed E-state index contributed by atoms with van der Waals surface area (Å²) in [5.41, 5.74) is 1.01. The molecule has 4 heteroatoms. The molecule has 13 heavy (non-hydrogen) atoms. The number of hydrogen-bond donors (Lipinski definition) is 1. The molecule has 0 saturated carbocycles. The number of hydrogen-bond acceptors (Lipinski definition) is 2. The maximum absolute atomic E-state index is 11.2. The number of nitrogens with one attached hydrogen (secondary N) is 1. The monoisotopic (exact) mass is 171 g/mol. The Morgan fingerprint density at radius 1 is 1.38 bits per heavy atom. The minimum absolute atomic E-state index is 0.347. The van der Waals surface area contributed by atoms with E-state index in [2.05, 4.69) is 5.23 Å². The molecule has 2 aromatic rings. The zero-order valence-electron chi connectivity index (χ0n) is 6.78.